The molecule has 1 saturated carbocycles. The van der Waals surface area contributed by atoms with Gasteiger partial charge in [-0.2, -0.15) is 5.10 Å². The number of aromatic nitrogens is 3. The fraction of sp³-hybridized carbons (Fsp3) is 0.833. The molecule has 1 aromatic rings. The van der Waals surface area contributed by atoms with Crippen molar-refractivity contribution in [3.8, 4) is 0 Å². The summed E-state index contributed by atoms with van der Waals surface area (Å²) in [6, 6.07) is 0. The summed E-state index contributed by atoms with van der Waals surface area (Å²) < 4.78 is 13.3. The van der Waals surface area contributed by atoms with Gasteiger partial charge in [0.1, 0.15) is 5.82 Å². The van der Waals surface area contributed by atoms with Gasteiger partial charge < -0.3 is 9.47 Å². The van der Waals surface area contributed by atoms with Gasteiger partial charge in [0, 0.05) is 25.8 Å². The first-order valence-corrected chi connectivity index (χ1v) is 6.34. The van der Waals surface area contributed by atoms with Crippen LogP contribution in [0, 0.1) is 6.92 Å². The highest BCUT2D eigenvalue weighted by atomic mass is 16.7. The summed E-state index contributed by atoms with van der Waals surface area (Å²) in [4.78, 5) is 4.52. The van der Waals surface area contributed by atoms with Crippen LogP contribution in [0.25, 0.3) is 0 Å². The molecular formula is C12H19N3O2. The first-order valence-electron chi connectivity index (χ1n) is 6.34. The summed E-state index contributed by atoms with van der Waals surface area (Å²) in [5.74, 6) is 2.15. The Kier molecular flexibility index (Phi) is 2.67. The van der Waals surface area contributed by atoms with Crippen molar-refractivity contribution in [3.63, 3.8) is 0 Å². The molecule has 1 spiro atoms. The molecule has 0 unspecified atom stereocenters. The molecule has 17 heavy (non-hydrogen) atoms. The van der Waals surface area contributed by atoms with Gasteiger partial charge in [-0.25, -0.2) is 4.98 Å². The van der Waals surface area contributed by atoms with Crippen LogP contribution in [0.1, 0.15) is 43.3 Å². The normalized spacial score (nSPS) is 24.6. The Bertz CT molecular complexity index is 380. The van der Waals surface area contributed by atoms with E-state index >= 15 is 0 Å². The van der Waals surface area contributed by atoms with E-state index in [0.29, 0.717) is 5.92 Å². The second-order valence-electron chi connectivity index (χ2n) is 5.02. The van der Waals surface area contributed by atoms with Crippen molar-refractivity contribution in [1.82, 2.24) is 14.8 Å². The van der Waals surface area contributed by atoms with Crippen LogP contribution in [-0.2, 0) is 16.5 Å². The second-order valence-corrected chi connectivity index (χ2v) is 5.02. The Labute approximate surface area is 101 Å². The lowest BCUT2D eigenvalue weighted by Gasteiger charge is -2.34. The Morgan fingerprint density at radius 2 is 1.88 bits per heavy atom. The molecule has 1 aromatic heterocycles. The van der Waals surface area contributed by atoms with E-state index in [9.17, 15) is 0 Å². The van der Waals surface area contributed by atoms with Crippen molar-refractivity contribution in [1.29, 1.82) is 0 Å². The van der Waals surface area contributed by atoms with Crippen molar-refractivity contribution in [2.75, 3.05) is 13.2 Å². The minimum absolute atomic E-state index is 0.277. The molecule has 3 rings (SSSR count). The number of rotatable bonds is 1. The van der Waals surface area contributed by atoms with Gasteiger partial charge in [-0.15, -0.1) is 0 Å². The largest absolute Gasteiger partial charge is 0.348 e. The Balaban J connectivity index is 1.68. The zero-order chi connectivity index (χ0) is 11.9. The van der Waals surface area contributed by atoms with Crippen LogP contribution in [0.2, 0.25) is 0 Å². The SMILES string of the molecule is Cc1nc(C2CCC3(CC2)OCCO3)nn1C. The molecule has 5 nitrogen and oxygen atoms in total. The van der Waals surface area contributed by atoms with E-state index in [1.807, 2.05) is 18.7 Å². The molecule has 2 fully saturated rings. The van der Waals surface area contributed by atoms with Crippen LogP contribution >= 0.6 is 0 Å². The molecule has 2 heterocycles. The predicted molar refractivity (Wildman–Crippen MR) is 61.6 cm³/mol. The van der Waals surface area contributed by atoms with Crippen molar-refractivity contribution in [3.05, 3.63) is 11.6 Å². The summed E-state index contributed by atoms with van der Waals surface area (Å²) >= 11 is 0. The Morgan fingerprint density at radius 3 is 2.41 bits per heavy atom. The van der Waals surface area contributed by atoms with Gasteiger partial charge >= 0.3 is 0 Å². The molecule has 1 aliphatic carbocycles. The van der Waals surface area contributed by atoms with Gasteiger partial charge in [-0.05, 0) is 19.8 Å². The predicted octanol–water partition coefficient (Wildman–Crippen LogP) is 1.52. The van der Waals surface area contributed by atoms with Crippen LogP contribution in [0.3, 0.4) is 0 Å². The van der Waals surface area contributed by atoms with Crippen LogP contribution < -0.4 is 0 Å². The van der Waals surface area contributed by atoms with E-state index < -0.39 is 0 Å². The summed E-state index contributed by atoms with van der Waals surface area (Å²) in [6.45, 7) is 3.47. The van der Waals surface area contributed by atoms with Gasteiger partial charge in [0.05, 0.1) is 13.2 Å². The first kappa shape index (κ1) is 11.2. The molecule has 5 heteroatoms. The fourth-order valence-electron chi connectivity index (χ4n) is 2.76. The van der Waals surface area contributed by atoms with E-state index in [0.717, 1.165) is 50.5 Å². The van der Waals surface area contributed by atoms with Crippen LogP contribution in [-0.4, -0.2) is 33.8 Å². The molecule has 94 valence electrons. The van der Waals surface area contributed by atoms with Gasteiger partial charge in [-0.3, -0.25) is 4.68 Å². The molecule has 0 radical (unpaired) electrons. The van der Waals surface area contributed by atoms with Crippen molar-refractivity contribution in [2.24, 2.45) is 7.05 Å². The molecule has 1 saturated heterocycles. The van der Waals surface area contributed by atoms with E-state index in [4.69, 9.17) is 9.47 Å². The molecule has 2 aliphatic rings. The minimum Gasteiger partial charge on any atom is -0.348 e. The van der Waals surface area contributed by atoms with Gasteiger partial charge in [0.2, 0.25) is 0 Å². The van der Waals surface area contributed by atoms with Crippen LogP contribution in [0.15, 0.2) is 0 Å². The summed E-state index contributed by atoms with van der Waals surface area (Å²) in [6.07, 6.45) is 4.05. The van der Waals surface area contributed by atoms with Gasteiger partial charge in [-0.1, -0.05) is 0 Å². The monoisotopic (exact) mass is 237 g/mol. The van der Waals surface area contributed by atoms with Crippen molar-refractivity contribution in [2.45, 2.75) is 44.3 Å². The zero-order valence-corrected chi connectivity index (χ0v) is 10.5. The molecule has 0 aromatic carbocycles. The summed E-state index contributed by atoms with van der Waals surface area (Å²) in [7, 11) is 1.94. The number of nitrogens with zero attached hydrogens (tertiary/aromatic N) is 3. The highest BCUT2D eigenvalue weighted by Crippen LogP contribution is 2.41. The lowest BCUT2D eigenvalue weighted by Crippen LogP contribution is -2.34. The number of hydrogen-bond donors (Lipinski definition) is 0. The van der Waals surface area contributed by atoms with Crippen molar-refractivity contribution < 1.29 is 9.47 Å². The standard InChI is InChI=1S/C12H19N3O2/c1-9-13-11(14-15(9)2)10-3-5-12(6-4-10)16-7-8-17-12/h10H,3-8H2,1-2H3. The molecule has 0 atom stereocenters. The summed E-state index contributed by atoms with van der Waals surface area (Å²) in [5, 5.41) is 4.47. The summed E-state index contributed by atoms with van der Waals surface area (Å²) in [5.41, 5.74) is 0. The number of ether oxygens (including phenoxy) is 2. The van der Waals surface area contributed by atoms with E-state index in [2.05, 4.69) is 10.1 Å². The smallest absolute Gasteiger partial charge is 0.168 e. The van der Waals surface area contributed by atoms with Gasteiger partial charge in [0.25, 0.3) is 0 Å². The fourth-order valence-corrected chi connectivity index (χ4v) is 2.76. The third kappa shape index (κ3) is 1.98. The second kappa shape index (κ2) is 4.07. The van der Waals surface area contributed by atoms with Gasteiger partial charge in [0.15, 0.2) is 11.6 Å². The van der Waals surface area contributed by atoms with E-state index in [1.54, 1.807) is 0 Å². The molecular weight excluding hydrogens is 218 g/mol. The van der Waals surface area contributed by atoms with Crippen molar-refractivity contribution >= 4 is 0 Å². The lowest BCUT2D eigenvalue weighted by atomic mass is 9.84. The van der Waals surface area contributed by atoms with Crippen LogP contribution in [0.4, 0.5) is 0 Å². The molecule has 0 bridgehead atoms. The molecule has 1 aliphatic heterocycles. The third-order valence-electron chi connectivity index (χ3n) is 3.92. The quantitative estimate of drug-likeness (QED) is 0.743. The minimum atomic E-state index is -0.277. The zero-order valence-electron chi connectivity index (χ0n) is 10.5. The lowest BCUT2D eigenvalue weighted by molar-refractivity contribution is -0.179. The average molecular weight is 237 g/mol. The highest BCUT2D eigenvalue weighted by Gasteiger charge is 2.41. The molecule has 0 N–H and O–H groups in total. The number of hydrogen-bond acceptors (Lipinski definition) is 4. The first-order chi connectivity index (χ1) is 8.19. The maximum absolute atomic E-state index is 5.73. The maximum Gasteiger partial charge on any atom is 0.168 e. The molecule has 0 amide bonds. The highest BCUT2D eigenvalue weighted by molar-refractivity contribution is 5.01. The maximum atomic E-state index is 5.73. The Hall–Kier alpha value is -0.940. The van der Waals surface area contributed by atoms with E-state index in [1.165, 1.54) is 0 Å². The third-order valence-corrected chi connectivity index (χ3v) is 3.92. The Morgan fingerprint density at radius 1 is 1.24 bits per heavy atom. The van der Waals surface area contributed by atoms with E-state index in [-0.39, 0.29) is 5.79 Å². The van der Waals surface area contributed by atoms with Crippen LogP contribution in [0.5, 0.6) is 0 Å². The average Bonchev–Trinajstić information content (AvgIpc) is 2.90. The number of aryl methyl sites for hydroxylation is 2. The topological polar surface area (TPSA) is 49.2 Å².